The molecule has 0 aromatic heterocycles. The standard InChI is InChI=1S/C23H29ClN4O3S2/c24-17-6-8-18(9-7-17)27-33(29,30)22-15-19(10-11-21(22)28-12-2-1-3-13-28)26-23(32)25-16-20-5-4-14-31-20/h6-11,15,20,27H,1-5,12-14,16H2,(H2,25,26,32). The van der Waals surface area contributed by atoms with Crippen LogP contribution in [-0.2, 0) is 14.8 Å². The summed E-state index contributed by atoms with van der Waals surface area (Å²) in [6, 6.07) is 12.0. The van der Waals surface area contributed by atoms with Gasteiger partial charge in [-0.2, -0.15) is 0 Å². The monoisotopic (exact) mass is 508 g/mol. The van der Waals surface area contributed by atoms with E-state index in [9.17, 15) is 8.42 Å². The van der Waals surface area contributed by atoms with Crippen molar-refractivity contribution in [3.05, 3.63) is 47.5 Å². The minimum absolute atomic E-state index is 0.158. The largest absolute Gasteiger partial charge is 0.376 e. The Hall–Kier alpha value is -2.07. The molecule has 2 fully saturated rings. The lowest BCUT2D eigenvalue weighted by Gasteiger charge is -2.30. The van der Waals surface area contributed by atoms with Gasteiger partial charge in [-0.3, -0.25) is 4.72 Å². The molecule has 2 heterocycles. The van der Waals surface area contributed by atoms with E-state index < -0.39 is 10.0 Å². The fraction of sp³-hybridized carbons (Fsp3) is 0.435. The molecule has 0 amide bonds. The van der Waals surface area contributed by atoms with Gasteiger partial charge in [0, 0.05) is 42.6 Å². The zero-order chi connectivity index (χ0) is 23.3. The Morgan fingerprint density at radius 1 is 1.06 bits per heavy atom. The van der Waals surface area contributed by atoms with Crippen molar-refractivity contribution in [1.82, 2.24) is 5.32 Å². The molecule has 7 nitrogen and oxygen atoms in total. The summed E-state index contributed by atoms with van der Waals surface area (Å²) in [6.45, 7) is 3.07. The Kier molecular flexibility index (Phi) is 7.95. The van der Waals surface area contributed by atoms with Crippen LogP contribution in [0.25, 0.3) is 0 Å². The highest BCUT2D eigenvalue weighted by molar-refractivity contribution is 7.93. The lowest BCUT2D eigenvalue weighted by molar-refractivity contribution is 0.114. The van der Waals surface area contributed by atoms with Crippen LogP contribution in [0.2, 0.25) is 5.02 Å². The highest BCUT2D eigenvalue weighted by Crippen LogP contribution is 2.32. The maximum Gasteiger partial charge on any atom is 0.264 e. The number of hydrogen-bond donors (Lipinski definition) is 3. The van der Waals surface area contributed by atoms with E-state index >= 15 is 0 Å². The van der Waals surface area contributed by atoms with Crippen LogP contribution in [0.15, 0.2) is 47.4 Å². The smallest absolute Gasteiger partial charge is 0.264 e. The van der Waals surface area contributed by atoms with Gasteiger partial charge in [0.2, 0.25) is 0 Å². The fourth-order valence-corrected chi connectivity index (χ4v) is 5.76. The van der Waals surface area contributed by atoms with Gasteiger partial charge in [-0.1, -0.05) is 11.6 Å². The number of benzene rings is 2. The van der Waals surface area contributed by atoms with Gasteiger partial charge in [-0.05, 0) is 86.8 Å². The molecule has 3 N–H and O–H groups in total. The Balaban J connectivity index is 1.56. The van der Waals surface area contributed by atoms with Gasteiger partial charge in [-0.25, -0.2) is 8.42 Å². The van der Waals surface area contributed by atoms with Crippen molar-refractivity contribution in [2.75, 3.05) is 41.2 Å². The summed E-state index contributed by atoms with van der Waals surface area (Å²) in [4.78, 5) is 2.35. The van der Waals surface area contributed by atoms with E-state index in [2.05, 4.69) is 20.3 Å². The SMILES string of the molecule is O=S(=O)(Nc1ccc(Cl)cc1)c1cc(NC(=S)NCC2CCCO2)ccc1N1CCCCC1. The predicted octanol–water partition coefficient (Wildman–Crippen LogP) is 4.60. The van der Waals surface area contributed by atoms with E-state index in [0.717, 1.165) is 51.8 Å². The molecule has 4 rings (SSSR count). The molecule has 0 bridgehead atoms. The zero-order valence-corrected chi connectivity index (χ0v) is 20.7. The van der Waals surface area contributed by atoms with Gasteiger partial charge in [0.1, 0.15) is 4.90 Å². The van der Waals surface area contributed by atoms with Gasteiger partial charge < -0.3 is 20.3 Å². The molecule has 0 saturated carbocycles. The lowest BCUT2D eigenvalue weighted by Crippen LogP contribution is -2.35. The summed E-state index contributed by atoms with van der Waals surface area (Å²) in [5.41, 5.74) is 1.76. The fourth-order valence-electron chi connectivity index (χ4n) is 4.12. The van der Waals surface area contributed by atoms with Crippen molar-refractivity contribution in [3.63, 3.8) is 0 Å². The average Bonchev–Trinajstić information content (AvgIpc) is 3.33. The second kappa shape index (κ2) is 10.9. The first-order chi connectivity index (χ1) is 15.9. The van der Waals surface area contributed by atoms with Crippen molar-refractivity contribution >= 4 is 56.0 Å². The summed E-state index contributed by atoms with van der Waals surface area (Å²) >= 11 is 11.4. The number of halogens is 1. The van der Waals surface area contributed by atoms with Gasteiger partial charge >= 0.3 is 0 Å². The van der Waals surface area contributed by atoms with Crippen LogP contribution in [-0.4, -0.2) is 45.9 Å². The molecular weight excluding hydrogens is 480 g/mol. The van der Waals surface area contributed by atoms with E-state index in [0.29, 0.717) is 33.7 Å². The Morgan fingerprint density at radius 3 is 2.48 bits per heavy atom. The number of rotatable bonds is 7. The molecule has 2 aromatic rings. The summed E-state index contributed by atoms with van der Waals surface area (Å²) in [6.07, 6.45) is 5.48. The van der Waals surface area contributed by atoms with Crippen molar-refractivity contribution in [2.45, 2.75) is 43.1 Å². The van der Waals surface area contributed by atoms with Crippen LogP contribution in [0.3, 0.4) is 0 Å². The zero-order valence-electron chi connectivity index (χ0n) is 18.3. The highest BCUT2D eigenvalue weighted by Gasteiger charge is 2.24. The third kappa shape index (κ3) is 6.50. The Labute approximate surface area is 205 Å². The molecule has 1 unspecified atom stereocenters. The highest BCUT2D eigenvalue weighted by atomic mass is 35.5. The van der Waals surface area contributed by atoms with E-state index in [1.807, 2.05) is 12.1 Å². The van der Waals surface area contributed by atoms with Crippen LogP contribution in [0.4, 0.5) is 17.1 Å². The van der Waals surface area contributed by atoms with Gasteiger partial charge in [0.15, 0.2) is 5.11 Å². The Bertz CT molecular complexity index is 1070. The number of hydrogen-bond acceptors (Lipinski definition) is 5. The minimum atomic E-state index is -3.85. The van der Waals surface area contributed by atoms with Crippen molar-refractivity contribution < 1.29 is 13.2 Å². The molecule has 2 aromatic carbocycles. The molecule has 2 aliphatic rings. The van der Waals surface area contributed by atoms with Crippen molar-refractivity contribution in [1.29, 1.82) is 0 Å². The normalized spacial score (nSPS) is 18.7. The molecule has 33 heavy (non-hydrogen) atoms. The van der Waals surface area contributed by atoms with E-state index in [1.54, 1.807) is 30.3 Å². The van der Waals surface area contributed by atoms with Crippen molar-refractivity contribution in [3.8, 4) is 0 Å². The first-order valence-corrected chi connectivity index (χ1v) is 13.5. The lowest BCUT2D eigenvalue weighted by atomic mass is 10.1. The quantitative estimate of drug-likeness (QED) is 0.471. The third-order valence-electron chi connectivity index (χ3n) is 5.81. The van der Waals surface area contributed by atoms with Crippen molar-refractivity contribution in [2.24, 2.45) is 0 Å². The first-order valence-electron chi connectivity index (χ1n) is 11.2. The summed E-state index contributed by atoms with van der Waals surface area (Å²) < 4.78 is 35.1. The number of piperidine rings is 1. The number of thiocarbonyl (C=S) groups is 1. The molecular formula is C23H29ClN4O3S2. The van der Waals surface area contributed by atoms with Gasteiger partial charge in [0.25, 0.3) is 10.0 Å². The maximum atomic E-state index is 13.4. The predicted molar refractivity (Wildman–Crippen MR) is 138 cm³/mol. The first kappa shape index (κ1) is 24.1. The molecule has 0 aliphatic carbocycles. The number of nitrogens with one attached hydrogen (secondary N) is 3. The molecule has 0 radical (unpaired) electrons. The van der Waals surface area contributed by atoms with E-state index in [-0.39, 0.29) is 11.0 Å². The number of nitrogens with zero attached hydrogens (tertiary/aromatic N) is 1. The molecule has 0 spiro atoms. The number of sulfonamides is 1. The molecule has 10 heteroatoms. The van der Waals surface area contributed by atoms with Gasteiger partial charge in [-0.15, -0.1) is 0 Å². The van der Waals surface area contributed by atoms with Gasteiger partial charge in [0.05, 0.1) is 11.8 Å². The average molecular weight is 509 g/mol. The van der Waals surface area contributed by atoms with E-state index in [1.165, 1.54) is 0 Å². The van der Waals surface area contributed by atoms with Crippen LogP contribution >= 0.6 is 23.8 Å². The summed E-state index contributed by atoms with van der Waals surface area (Å²) in [7, 11) is -3.85. The van der Waals surface area contributed by atoms with Crippen LogP contribution in [0.1, 0.15) is 32.1 Å². The second-order valence-corrected chi connectivity index (χ2v) is 10.8. The molecule has 1 atom stereocenters. The molecule has 2 aliphatic heterocycles. The van der Waals surface area contributed by atoms with Crippen LogP contribution in [0.5, 0.6) is 0 Å². The minimum Gasteiger partial charge on any atom is -0.376 e. The van der Waals surface area contributed by atoms with Crippen LogP contribution < -0.4 is 20.3 Å². The number of anilines is 3. The third-order valence-corrected chi connectivity index (χ3v) is 7.72. The molecule has 2 saturated heterocycles. The molecule has 178 valence electrons. The van der Waals surface area contributed by atoms with Crippen LogP contribution in [0, 0.1) is 0 Å². The number of ether oxygens (including phenoxy) is 1. The van der Waals surface area contributed by atoms with E-state index in [4.69, 9.17) is 28.6 Å². The maximum absolute atomic E-state index is 13.4. The Morgan fingerprint density at radius 2 is 1.79 bits per heavy atom. The second-order valence-electron chi connectivity index (χ2n) is 8.31. The topological polar surface area (TPSA) is 82.7 Å². The summed E-state index contributed by atoms with van der Waals surface area (Å²) in [5, 5.41) is 7.26. The summed E-state index contributed by atoms with van der Waals surface area (Å²) in [5.74, 6) is 0.